The van der Waals surface area contributed by atoms with E-state index in [0.717, 1.165) is 0 Å². The number of hydrogen-bond acceptors (Lipinski definition) is 5. The number of carbonyl (C=O) groups excluding carboxylic acids is 2. The van der Waals surface area contributed by atoms with Crippen LogP contribution < -0.4 is 10.2 Å². The van der Waals surface area contributed by atoms with E-state index in [1.54, 1.807) is 30.5 Å². The lowest BCUT2D eigenvalue weighted by Gasteiger charge is -2.14. The molecule has 8 nitrogen and oxygen atoms in total. The summed E-state index contributed by atoms with van der Waals surface area (Å²) in [5.74, 6) is -0.706. The number of pyridine rings is 1. The number of nitrogens with zero attached hydrogens (tertiary/aromatic N) is 4. The molecule has 0 aliphatic carbocycles. The number of ether oxygens (including phenoxy) is 1. The minimum absolute atomic E-state index is 0. The highest BCUT2D eigenvalue weighted by Gasteiger charge is 2.32. The number of fused-ring (bicyclic) bond motifs is 1. The van der Waals surface area contributed by atoms with Crippen LogP contribution in [0, 0.1) is 5.82 Å². The number of carbonyl (C=O) groups is 2. The van der Waals surface area contributed by atoms with Crippen LogP contribution in [-0.4, -0.2) is 45.8 Å². The van der Waals surface area contributed by atoms with Gasteiger partial charge in [-0.1, -0.05) is 7.43 Å². The lowest BCUT2D eigenvalue weighted by molar-refractivity contribution is -0.119. The fourth-order valence-electron chi connectivity index (χ4n) is 3.15. The molecule has 158 valence electrons. The van der Waals surface area contributed by atoms with Crippen molar-refractivity contribution in [3.05, 3.63) is 48.2 Å². The molecule has 1 atom stereocenters. The zero-order valence-electron chi connectivity index (χ0n) is 15.4. The maximum Gasteiger partial charge on any atom is 0.414 e. The van der Waals surface area contributed by atoms with Gasteiger partial charge in [-0.25, -0.2) is 23.1 Å². The first kappa shape index (κ1) is 21.2. The van der Waals surface area contributed by atoms with Gasteiger partial charge in [0.2, 0.25) is 5.91 Å². The molecule has 3 aromatic rings. The summed E-state index contributed by atoms with van der Waals surface area (Å²) in [6, 6.07) is 7.69. The van der Waals surface area contributed by atoms with Crippen molar-refractivity contribution >= 4 is 23.3 Å². The van der Waals surface area contributed by atoms with Gasteiger partial charge in [0.1, 0.15) is 11.9 Å². The second-order valence-electron chi connectivity index (χ2n) is 6.60. The van der Waals surface area contributed by atoms with Gasteiger partial charge in [-0.05, 0) is 30.3 Å². The fourth-order valence-corrected chi connectivity index (χ4v) is 3.15. The first-order valence-corrected chi connectivity index (χ1v) is 8.88. The predicted octanol–water partition coefficient (Wildman–Crippen LogP) is 3.10. The van der Waals surface area contributed by atoms with E-state index in [9.17, 15) is 18.4 Å². The van der Waals surface area contributed by atoms with Gasteiger partial charge in [0.05, 0.1) is 18.8 Å². The first-order valence-electron chi connectivity index (χ1n) is 8.88. The summed E-state index contributed by atoms with van der Waals surface area (Å²) in [5.41, 5.74) is 1.64. The lowest BCUT2D eigenvalue weighted by atomic mass is 10.1. The molecule has 4 rings (SSSR count). The quantitative estimate of drug-likeness (QED) is 0.689. The second kappa shape index (κ2) is 8.44. The van der Waals surface area contributed by atoms with E-state index in [0.29, 0.717) is 22.5 Å². The summed E-state index contributed by atoms with van der Waals surface area (Å²) in [6.07, 6.45) is 0.455. The Morgan fingerprint density at radius 3 is 2.83 bits per heavy atom. The molecule has 0 radical (unpaired) electrons. The molecule has 2 amide bonds. The molecular formula is C20H21F2N5O3. The van der Waals surface area contributed by atoms with Crippen molar-refractivity contribution in [1.29, 1.82) is 0 Å². The van der Waals surface area contributed by atoms with Gasteiger partial charge in [-0.15, -0.1) is 5.10 Å². The minimum atomic E-state index is -0.783. The Morgan fingerprint density at radius 2 is 2.13 bits per heavy atom. The standard InChI is InChI=1S/C19H17F2N5O3.CH4/c1-11(27)22-8-14-10-25(19(28)29-14)13-3-4-15(16(21)6-13)12-2-5-18-23-17(7-20)24-26(18)9-12;/h2-6,9,14H,7-8,10H2,1H3,(H,22,27);1H4/t14-;/m0./s1. The van der Waals surface area contributed by atoms with E-state index in [4.69, 9.17) is 4.74 Å². The van der Waals surface area contributed by atoms with Crippen molar-refractivity contribution in [2.75, 3.05) is 18.0 Å². The van der Waals surface area contributed by atoms with E-state index < -0.39 is 24.7 Å². The number of alkyl halides is 1. The average Bonchev–Trinajstić information content (AvgIpc) is 3.28. The number of benzene rings is 1. The van der Waals surface area contributed by atoms with Crippen molar-refractivity contribution in [3.8, 4) is 11.1 Å². The number of nitrogens with one attached hydrogen (secondary N) is 1. The maximum atomic E-state index is 14.8. The van der Waals surface area contributed by atoms with Crippen LogP contribution in [0.2, 0.25) is 0 Å². The van der Waals surface area contributed by atoms with Crippen LogP contribution in [0.25, 0.3) is 16.8 Å². The van der Waals surface area contributed by atoms with Crippen molar-refractivity contribution in [1.82, 2.24) is 19.9 Å². The molecule has 1 fully saturated rings. The molecule has 1 saturated heterocycles. The Kier molecular flexibility index (Phi) is 5.95. The van der Waals surface area contributed by atoms with E-state index >= 15 is 0 Å². The third kappa shape index (κ3) is 4.07. The number of anilines is 1. The summed E-state index contributed by atoms with van der Waals surface area (Å²) >= 11 is 0. The highest BCUT2D eigenvalue weighted by Crippen LogP contribution is 2.29. The third-order valence-corrected chi connectivity index (χ3v) is 4.52. The fraction of sp³-hybridized carbons (Fsp3) is 0.300. The highest BCUT2D eigenvalue weighted by molar-refractivity contribution is 5.90. The molecule has 3 heterocycles. The van der Waals surface area contributed by atoms with Gasteiger partial charge in [0.15, 0.2) is 18.1 Å². The summed E-state index contributed by atoms with van der Waals surface area (Å²) in [6.45, 7) is 0.985. The number of halogens is 2. The molecule has 10 heteroatoms. The Labute approximate surface area is 171 Å². The Balaban J connectivity index is 0.00000256. The number of amides is 2. The minimum Gasteiger partial charge on any atom is -0.442 e. The average molecular weight is 417 g/mol. The van der Waals surface area contributed by atoms with Gasteiger partial charge in [-0.3, -0.25) is 9.69 Å². The van der Waals surface area contributed by atoms with Crippen LogP contribution in [0.3, 0.4) is 0 Å². The molecule has 30 heavy (non-hydrogen) atoms. The van der Waals surface area contributed by atoms with Crippen molar-refractivity contribution in [2.45, 2.75) is 27.1 Å². The molecule has 1 aromatic carbocycles. The molecule has 2 aromatic heterocycles. The summed E-state index contributed by atoms with van der Waals surface area (Å²) < 4.78 is 34.1. The first-order chi connectivity index (χ1) is 13.9. The SMILES string of the molecule is C.CC(=O)NC[C@H]1CN(c2ccc(-c3ccc4nc(CF)nn4c3)c(F)c2)C(=O)O1. The number of rotatable bonds is 5. The van der Waals surface area contributed by atoms with Crippen LogP contribution in [0.15, 0.2) is 36.5 Å². The van der Waals surface area contributed by atoms with Gasteiger partial charge in [0, 0.05) is 24.2 Å². The van der Waals surface area contributed by atoms with Crippen LogP contribution in [-0.2, 0) is 16.2 Å². The van der Waals surface area contributed by atoms with Gasteiger partial charge in [0.25, 0.3) is 0 Å². The number of hydrogen-bond donors (Lipinski definition) is 1. The Hall–Kier alpha value is -3.56. The van der Waals surface area contributed by atoms with Crippen LogP contribution in [0.1, 0.15) is 20.2 Å². The monoisotopic (exact) mass is 417 g/mol. The van der Waals surface area contributed by atoms with Crippen LogP contribution in [0.4, 0.5) is 19.3 Å². The van der Waals surface area contributed by atoms with Crippen LogP contribution in [0.5, 0.6) is 0 Å². The number of aromatic nitrogens is 3. The second-order valence-corrected chi connectivity index (χ2v) is 6.60. The number of cyclic esters (lactones) is 1. The molecule has 1 aliphatic heterocycles. The predicted molar refractivity (Wildman–Crippen MR) is 106 cm³/mol. The summed E-state index contributed by atoms with van der Waals surface area (Å²) in [4.78, 5) is 28.4. The normalized spacial score (nSPS) is 15.8. The summed E-state index contributed by atoms with van der Waals surface area (Å²) in [5, 5.41) is 6.57. The van der Waals surface area contributed by atoms with Crippen molar-refractivity contribution < 1.29 is 23.1 Å². The molecular weight excluding hydrogens is 396 g/mol. The van der Waals surface area contributed by atoms with Gasteiger partial charge < -0.3 is 10.1 Å². The van der Waals surface area contributed by atoms with Gasteiger partial charge >= 0.3 is 6.09 Å². The third-order valence-electron chi connectivity index (χ3n) is 4.52. The zero-order chi connectivity index (χ0) is 20.5. The largest absolute Gasteiger partial charge is 0.442 e. The molecule has 0 bridgehead atoms. The van der Waals surface area contributed by atoms with E-state index in [1.807, 2.05) is 0 Å². The Morgan fingerprint density at radius 1 is 1.33 bits per heavy atom. The van der Waals surface area contributed by atoms with Crippen molar-refractivity contribution in [2.24, 2.45) is 0 Å². The molecule has 0 saturated carbocycles. The van der Waals surface area contributed by atoms with E-state index in [-0.39, 0.29) is 32.2 Å². The topological polar surface area (TPSA) is 88.8 Å². The van der Waals surface area contributed by atoms with Gasteiger partial charge in [-0.2, -0.15) is 0 Å². The van der Waals surface area contributed by atoms with E-state index in [1.165, 1.54) is 22.4 Å². The smallest absolute Gasteiger partial charge is 0.414 e. The lowest BCUT2D eigenvalue weighted by Crippen LogP contribution is -2.33. The zero-order valence-corrected chi connectivity index (χ0v) is 15.4. The van der Waals surface area contributed by atoms with E-state index in [2.05, 4.69) is 15.4 Å². The molecule has 0 spiro atoms. The molecule has 1 aliphatic rings. The molecule has 1 N–H and O–H groups in total. The highest BCUT2D eigenvalue weighted by atomic mass is 19.1. The Bertz CT molecular complexity index is 1100. The summed E-state index contributed by atoms with van der Waals surface area (Å²) in [7, 11) is 0. The van der Waals surface area contributed by atoms with Crippen LogP contribution >= 0.6 is 0 Å². The molecule has 0 unspecified atom stereocenters. The maximum absolute atomic E-state index is 14.8. The van der Waals surface area contributed by atoms with Crippen molar-refractivity contribution in [3.63, 3.8) is 0 Å².